The number of rotatable bonds is 0. The molecule has 1 radical (unpaired) electrons. The third kappa shape index (κ3) is 6.47. The highest BCUT2D eigenvalue weighted by Crippen LogP contribution is 2.03. The minimum absolute atomic E-state index is 1.03. The highest BCUT2D eigenvalue weighted by Gasteiger charge is 1.83. The largest absolute Gasteiger partial charge is 0.0885 e. The van der Waals surface area contributed by atoms with Gasteiger partial charge < -0.3 is 0 Å². The van der Waals surface area contributed by atoms with Gasteiger partial charge >= 0.3 is 0 Å². The van der Waals surface area contributed by atoms with E-state index in [0.29, 0.717) is 0 Å². The topological polar surface area (TPSA) is 0 Å². The Morgan fingerprint density at radius 3 is 2.43 bits per heavy atom. The summed E-state index contributed by atoms with van der Waals surface area (Å²) >= 11 is 0. The summed E-state index contributed by atoms with van der Waals surface area (Å²) in [6, 6.07) is 0. The molecule has 0 saturated carbocycles. The van der Waals surface area contributed by atoms with Crippen molar-refractivity contribution in [1.29, 1.82) is 0 Å². The van der Waals surface area contributed by atoms with Crippen LogP contribution in [0.25, 0.3) is 0 Å². The van der Waals surface area contributed by atoms with Gasteiger partial charge in [0.2, 0.25) is 0 Å². The molecule has 1 rings (SSSR count). The van der Waals surface area contributed by atoms with Crippen molar-refractivity contribution in [1.82, 2.24) is 0 Å². The van der Waals surface area contributed by atoms with Gasteiger partial charge in [-0.1, -0.05) is 42.5 Å². The Morgan fingerprint density at radius 1 is 0.714 bits per heavy atom. The predicted molar refractivity (Wildman–Crippen MR) is 62.9 cm³/mol. The zero-order chi connectivity index (χ0) is 9.90. The standard InChI is InChI=1S/C14H19/c1-2-4-6-8-10-12-14-13-11-9-7-5-3-1/h1-5,13-14H,6,8-12H2. The molecule has 0 heteroatoms. The molecule has 1 aliphatic rings. The van der Waals surface area contributed by atoms with Gasteiger partial charge in [0.1, 0.15) is 0 Å². The smallest absolute Gasteiger partial charge is 0.0241 e. The molecule has 0 aliphatic heterocycles. The van der Waals surface area contributed by atoms with E-state index in [0.717, 1.165) is 12.8 Å². The van der Waals surface area contributed by atoms with Gasteiger partial charge in [0.15, 0.2) is 0 Å². The molecule has 0 nitrogen and oxygen atoms in total. The fraction of sp³-hybridized carbons (Fsp3) is 0.429. The van der Waals surface area contributed by atoms with Crippen LogP contribution >= 0.6 is 0 Å². The second-order valence-electron chi connectivity index (χ2n) is 3.48. The van der Waals surface area contributed by atoms with Crippen LogP contribution in [0, 0.1) is 6.08 Å². The van der Waals surface area contributed by atoms with Crippen molar-refractivity contribution in [2.24, 2.45) is 0 Å². The molecule has 0 unspecified atom stereocenters. The van der Waals surface area contributed by atoms with E-state index in [1.54, 1.807) is 0 Å². The van der Waals surface area contributed by atoms with E-state index in [9.17, 15) is 0 Å². The summed E-state index contributed by atoms with van der Waals surface area (Å²) in [5, 5.41) is 0. The summed E-state index contributed by atoms with van der Waals surface area (Å²) < 4.78 is 0. The van der Waals surface area contributed by atoms with E-state index in [-0.39, 0.29) is 0 Å². The molecule has 0 spiro atoms. The summed E-state index contributed by atoms with van der Waals surface area (Å²) in [6.45, 7) is 0. The minimum atomic E-state index is 1.03. The number of hydrogen-bond donors (Lipinski definition) is 0. The first-order valence-corrected chi connectivity index (χ1v) is 5.53. The zero-order valence-corrected chi connectivity index (χ0v) is 8.78. The lowest BCUT2D eigenvalue weighted by Gasteiger charge is -1.93. The molecule has 0 heterocycles. The highest BCUT2D eigenvalue weighted by atomic mass is 13.9. The lowest BCUT2D eigenvalue weighted by molar-refractivity contribution is 0.760. The van der Waals surface area contributed by atoms with Gasteiger partial charge in [0.05, 0.1) is 0 Å². The molecule has 75 valence electrons. The first-order chi connectivity index (χ1) is 7.00. The number of allylic oxidation sites excluding steroid dienone is 8. The van der Waals surface area contributed by atoms with Crippen LogP contribution in [0.3, 0.4) is 0 Å². The van der Waals surface area contributed by atoms with E-state index >= 15 is 0 Å². The third-order valence-corrected chi connectivity index (χ3v) is 2.19. The third-order valence-electron chi connectivity index (χ3n) is 2.19. The van der Waals surface area contributed by atoms with Crippen LogP contribution in [0.4, 0.5) is 0 Å². The monoisotopic (exact) mass is 187 g/mol. The predicted octanol–water partition coefficient (Wildman–Crippen LogP) is 4.37. The van der Waals surface area contributed by atoms with Crippen LogP contribution in [-0.4, -0.2) is 0 Å². The molecular formula is C14H19. The first kappa shape index (κ1) is 11.0. The molecule has 1 aliphatic carbocycles. The van der Waals surface area contributed by atoms with Crippen LogP contribution in [-0.2, 0) is 0 Å². The fourth-order valence-electron chi connectivity index (χ4n) is 1.37. The summed E-state index contributed by atoms with van der Waals surface area (Å²) in [6.07, 6.45) is 25.5. The molecule has 0 bridgehead atoms. The summed E-state index contributed by atoms with van der Waals surface area (Å²) in [5.74, 6) is 0. The van der Waals surface area contributed by atoms with Crippen LogP contribution in [0.15, 0.2) is 42.5 Å². The minimum Gasteiger partial charge on any atom is -0.0885 e. The highest BCUT2D eigenvalue weighted by molar-refractivity contribution is 5.09. The van der Waals surface area contributed by atoms with Gasteiger partial charge in [-0.05, 0) is 44.6 Å². The Balaban J connectivity index is 2.35. The van der Waals surface area contributed by atoms with Gasteiger partial charge in [-0.2, -0.15) is 0 Å². The molecule has 0 amide bonds. The Labute approximate surface area is 87.7 Å². The van der Waals surface area contributed by atoms with Crippen molar-refractivity contribution in [3.05, 3.63) is 48.6 Å². The number of hydrogen-bond acceptors (Lipinski definition) is 0. The molecular weight excluding hydrogens is 168 g/mol. The van der Waals surface area contributed by atoms with Crippen molar-refractivity contribution in [3.63, 3.8) is 0 Å². The molecule has 0 N–H and O–H groups in total. The second-order valence-corrected chi connectivity index (χ2v) is 3.48. The van der Waals surface area contributed by atoms with Crippen molar-refractivity contribution in [2.45, 2.75) is 38.5 Å². The Hall–Kier alpha value is -1.04. The van der Waals surface area contributed by atoms with E-state index in [2.05, 4.69) is 36.5 Å². The molecule has 14 heavy (non-hydrogen) atoms. The van der Waals surface area contributed by atoms with Gasteiger partial charge in [0.25, 0.3) is 0 Å². The van der Waals surface area contributed by atoms with Crippen molar-refractivity contribution < 1.29 is 0 Å². The molecule has 0 saturated heterocycles. The van der Waals surface area contributed by atoms with Crippen molar-refractivity contribution in [3.8, 4) is 0 Å². The van der Waals surface area contributed by atoms with Gasteiger partial charge in [-0.15, -0.1) is 0 Å². The SMILES string of the molecule is [C]1=CC=CC=CCCCCC=CCC1. The first-order valence-electron chi connectivity index (χ1n) is 5.53. The van der Waals surface area contributed by atoms with E-state index in [1.165, 1.54) is 25.7 Å². The van der Waals surface area contributed by atoms with Crippen LogP contribution < -0.4 is 0 Å². The maximum atomic E-state index is 3.24. The second kappa shape index (κ2) is 8.55. The van der Waals surface area contributed by atoms with E-state index in [4.69, 9.17) is 0 Å². The Kier molecular flexibility index (Phi) is 6.74. The van der Waals surface area contributed by atoms with E-state index < -0.39 is 0 Å². The average molecular weight is 187 g/mol. The normalized spacial score (nSPS) is 19.4. The average Bonchev–Trinajstić information content (AvgIpc) is 2.22. The van der Waals surface area contributed by atoms with Crippen LogP contribution in [0.5, 0.6) is 0 Å². The molecule has 0 aromatic carbocycles. The van der Waals surface area contributed by atoms with E-state index in [1.807, 2.05) is 12.2 Å². The maximum Gasteiger partial charge on any atom is -0.0241 e. The van der Waals surface area contributed by atoms with Crippen molar-refractivity contribution in [2.75, 3.05) is 0 Å². The lowest BCUT2D eigenvalue weighted by Crippen LogP contribution is -1.73. The maximum absolute atomic E-state index is 3.24. The zero-order valence-electron chi connectivity index (χ0n) is 8.78. The fourth-order valence-corrected chi connectivity index (χ4v) is 1.37. The summed E-state index contributed by atoms with van der Waals surface area (Å²) in [5.41, 5.74) is 0. The van der Waals surface area contributed by atoms with Crippen LogP contribution in [0.2, 0.25) is 0 Å². The van der Waals surface area contributed by atoms with Gasteiger partial charge in [-0.3, -0.25) is 0 Å². The molecule has 0 fully saturated rings. The van der Waals surface area contributed by atoms with Gasteiger partial charge in [0, 0.05) is 0 Å². The lowest BCUT2D eigenvalue weighted by atomic mass is 10.1. The Bertz CT molecular complexity index is 228. The molecule has 0 aromatic rings. The van der Waals surface area contributed by atoms with Crippen LogP contribution in [0.1, 0.15) is 38.5 Å². The van der Waals surface area contributed by atoms with Gasteiger partial charge in [-0.25, -0.2) is 0 Å². The summed E-state index contributed by atoms with van der Waals surface area (Å²) in [4.78, 5) is 0. The Morgan fingerprint density at radius 2 is 1.50 bits per heavy atom. The molecule has 0 atom stereocenters. The summed E-state index contributed by atoms with van der Waals surface area (Å²) in [7, 11) is 0. The van der Waals surface area contributed by atoms with Crippen molar-refractivity contribution >= 4 is 0 Å². The quantitative estimate of drug-likeness (QED) is 0.494. The molecule has 0 aromatic heterocycles.